The monoisotopic (exact) mass is 319 g/mol. The number of aromatic carboxylic acids is 1. The Balaban J connectivity index is 1.99. The van der Waals surface area contributed by atoms with Gasteiger partial charge < -0.3 is 10.4 Å². The summed E-state index contributed by atoms with van der Waals surface area (Å²) in [6.07, 6.45) is 0. The van der Waals surface area contributed by atoms with Crippen LogP contribution in [0, 0.1) is 6.92 Å². The summed E-state index contributed by atoms with van der Waals surface area (Å²) in [7, 11) is 0. The standard InChI is InChI=1S/C14H10ClN3O2S/c1-7-6-10-11(17-14(15)18-12(10)21-7)16-9-4-2-8(3-5-9)13(19)20/h2-6H,1H3,(H,19,20)(H,16,17,18). The highest BCUT2D eigenvalue weighted by molar-refractivity contribution is 7.18. The molecule has 0 saturated heterocycles. The fraction of sp³-hybridized carbons (Fsp3) is 0.0714. The van der Waals surface area contributed by atoms with Crippen molar-refractivity contribution in [2.75, 3.05) is 5.32 Å². The summed E-state index contributed by atoms with van der Waals surface area (Å²) in [5.74, 6) is -0.347. The van der Waals surface area contributed by atoms with E-state index in [1.807, 2.05) is 13.0 Å². The lowest BCUT2D eigenvalue weighted by Gasteiger charge is -2.07. The van der Waals surface area contributed by atoms with Crippen LogP contribution in [0.25, 0.3) is 10.2 Å². The smallest absolute Gasteiger partial charge is 0.335 e. The highest BCUT2D eigenvalue weighted by Gasteiger charge is 2.10. The molecule has 0 bridgehead atoms. The molecule has 0 saturated carbocycles. The first-order valence-corrected chi connectivity index (χ1v) is 7.26. The van der Waals surface area contributed by atoms with Gasteiger partial charge in [0.2, 0.25) is 5.28 Å². The molecule has 2 aromatic heterocycles. The molecule has 0 aliphatic carbocycles. The third kappa shape index (κ3) is 2.81. The number of anilines is 2. The van der Waals surface area contributed by atoms with Crippen molar-refractivity contribution >= 4 is 50.6 Å². The zero-order valence-corrected chi connectivity index (χ0v) is 12.5. The predicted octanol–water partition coefficient (Wildman–Crippen LogP) is 4.09. The molecule has 1 aromatic carbocycles. The van der Waals surface area contributed by atoms with Gasteiger partial charge in [-0.2, -0.15) is 4.98 Å². The Morgan fingerprint density at radius 3 is 2.67 bits per heavy atom. The minimum absolute atomic E-state index is 0.175. The van der Waals surface area contributed by atoms with Crippen molar-refractivity contribution in [3.05, 3.63) is 46.1 Å². The van der Waals surface area contributed by atoms with Gasteiger partial charge in [-0.1, -0.05) is 0 Å². The van der Waals surface area contributed by atoms with Gasteiger partial charge in [0.15, 0.2) is 0 Å². The number of rotatable bonds is 3. The third-order valence-electron chi connectivity index (χ3n) is 2.88. The molecule has 21 heavy (non-hydrogen) atoms. The lowest BCUT2D eigenvalue weighted by molar-refractivity contribution is 0.0697. The lowest BCUT2D eigenvalue weighted by atomic mass is 10.2. The molecule has 0 fully saturated rings. The van der Waals surface area contributed by atoms with Gasteiger partial charge in [-0.05, 0) is 48.9 Å². The molecule has 0 aliphatic rings. The minimum Gasteiger partial charge on any atom is -0.478 e. The molecule has 106 valence electrons. The summed E-state index contributed by atoms with van der Waals surface area (Å²) in [5.41, 5.74) is 0.970. The number of carboxylic acids is 1. The van der Waals surface area contributed by atoms with E-state index in [9.17, 15) is 4.79 Å². The van der Waals surface area contributed by atoms with Crippen molar-refractivity contribution in [1.29, 1.82) is 0 Å². The van der Waals surface area contributed by atoms with E-state index in [0.717, 1.165) is 20.8 Å². The van der Waals surface area contributed by atoms with Crippen LogP contribution in [-0.4, -0.2) is 21.0 Å². The van der Waals surface area contributed by atoms with Crippen molar-refractivity contribution < 1.29 is 9.90 Å². The van der Waals surface area contributed by atoms with Gasteiger partial charge in [0.05, 0.1) is 10.9 Å². The average molecular weight is 320 g/mol. The van der Waals surface area contributed by atoms with Crippen molar-refractivity contribution in [2.45, 2.75) is 6.92 Å². The molecule has 0 spiro atoms. The number of hydrogen-bond acceptors (Lipinski definition) is 5. The number of halogens is 1. The summed E-state index contributed by atoms with van der Waals surface area (Å²) in [4.78, 5) is 21.2. The molecule has 0 aliphatic heterocycles. The second kappa shape index (κ2) is 5.31. The molecule has 5 nitrogen and oxygen atoms in total. The number of carbonyl (C=O) groups is 1. The fourth-order valence-electron chi connectivity index (χ4n) is 1.94. The van der Waals surface area contributed by atoms with E-state index in [0.29, 0.717) is 5.82 Å². The summed E-state index contributed by atoms with van der Waals surface area (Å²) in [6.45, 7) is 1.99. The number of aromatic nitrogens is 2. The maximum absolute atomic E-state index is 10.8. The first-order chi connectivity index (χ1) is 10.0. The van der Waals surface area contributed by atoms with Gasteiger partial charge in [0.25, 0.3) is 0 Å². The summed E-state index contributed by atoms with van der Waals surface area (Å²) in [5, 5.41) is 13.1. The number of hydrogen-bond donors (Lipinski definition) is 2. The molecule has 7 heteroatoms. The molecule has 3 rings (SSSR count). The van der Waals surface area contributed by atoms with Crippen LogP contribution in [0.15, 0.2) is 30.3 Å². The van der Waals surface area contributed by atoms with Crippen LogP contribution in [0.5, 0.6) is 0 Å². The van der Waals surface area contributed by atoms with E-state index >= 15 is 0 Å². The Bertz CT molecular complexity index is 830. The number of thiophene rings is 1. The van der Waals surface area contributed by atoms with Gasteiger partial charge in [-0.3, -0.25) is 0 Å². The quantitative estimate of drug-likeness (QED) is 0.711. The van der Waals surface area contributed by atoms with Gasteiger partial charge in [0.1, 0.15) is 10.6 Å². The van der Waals surface area contributed by atoms with E-state index in [1.165, 1.54) is 12.1 Å². The summed E-state index contributed by atoms with van der Waals surface area (Å²) >= 11 is 7.48. The zero-order chi connectivity index (χ0) is 15.0. The van der Waals surface area contributed by atoms with Crippen LogP contribution in [0.4, 0.5) is 11.5 Å². The largest absolute Gasteiger partial charge is 0.478 e. The second-order valence-electron chi connectivity index (χ2n) is 4.42. The molecule has 2 N–H and O–H groups in total. The predicted molar refractivity (Wildman–Crippen MR) is 83.8 cm³/mol. The molecule has 0 amide bonds. The normalized spacial score (nSPS) is 10.8. The Morgan fingerprint density at radius 1 is 1.29 bits per heavy atom. The molecular weight excluding hydrogens is 310 g/mol. The maximum Gasteiger partial charge on any atom is 0.335 e. The van der Waals surface area contributed by atoms with Crippen LogP contribution in [-0.2, 0) is 0 Å². The Morgan fingerprint density at radius 2 is 2.00 bits per heavy atom. The SMILES string of the molecule is Cc1cc2c(Nc3ccc(C(=O)O)cc3)nc(Cl)nc2s1. The number of benzene rings is 1. The summed E-state index contributed by atoms with van der Waals surface area (Å²) in [6, 6.07) is 8.42. The Labute approximate surface area is 129 Å². The number of nitrogens with zero attached hydrogens (tertiary/aromatic N) is 2. The molecular formula is C14H10ClN3O2S. The van der Waals surface area contributed by atoms with E-state index in [-0.39, 0.29) is 10.8 Å². The molecule has 2 heterocycles. The van der Waals surface area contributed by atoms with E-state index < -0.39 is 5.97 Å². The van der Waals surface area contributed by atoms with Crippen LogP contribution >= 0.6 is 22.9 Å². The van der Waals surface area contributed by atoms with Crippen LogP contribution in [0.1, 0.15) is 15.2 Å². The van der Waals surface area contributed by atoms with Crippen molar-refractivity contribution in [3.8, 4) is 0 Å². The highest BCUT2D eigenvalue weighted by Crippen LogP contribution is 2.31. The van der Waals surface area contributed by atoms with Crippen molar-refractivity contribution in [2.24, 2.45) is 0 Å². The van der Waals surface area contributed by atoms with Gasteiger partial charge in [-0.15, -0.1) is 11.3 Å². The topological polar surface area (TPSA) is 75.1 Å². The maximum atomic E-state index is 10.8. The zero-order valence-electron chi connectivity index (χ0n) is 10.9. The molecule has 0 atom stereocenters. The second-order valence-corrected chi connectivity index (χ2v) is 6.00. The lowest BCUT2D eigenvalue weighted by Crippen LogP contribution is -1.98. The van der Waals surface area contributed by atoms with Crippen LogP contribution < -0.4 is 5.32 Å². The first-order valence-electron chi connectivity index (χ1n) is 6.07. The number of carboxylic acid groups (broad SMARTS) is 1. The Hall–Kier alpha value is -2.18. The number of aryl methyl sites for hydroxylation is 1. The van der Waals surface area contributed by atoms with Crippen LogP contribution in [0.2, 0.25) is 5.28 Å². The summed E-state index contributed by atoms with van der Waals surface area (Å²) < 4.78 is 0. The molecule has 0 radical (unpaired) electrons. The number of fused-ring (bicyclic) bond motifs is 1. The minimum atomic E-state index is -0.956. The van der Waals surface area contributed by atoms with Crippen LogP contribution in [0.3, 0.4) is 0 Å². The van der Waals surface area contributed by atoms with E-state index in [2.05, 4.69) is 15.3 Å². The van der Waals surface area contributed by atoms with Gasteiger partial charge in [0, 0.05) is 10.6 Å². The van der Waals surface area contributed by atoms with Crippen molar-refractivity contribution in [1.82, 2.24) is 9.97 Å². The van der Waals surface area contributed by atoms with Crippen molar-refractivity contribution in [3.63, 3.8) is 0 Å². The highest BCUT2D eigenvalue weighted by atomic mass is 35.5. The first kappa shape index (κ1) is 13.8. The molecule has 3 aromatic rings. The fourth-order valence-corrected chi connectivity index (χ4v) is 3.04. The number of nitrogens with one attached hydrogen (secondary N) is 1. The van der Waals surface area contributed by atoms with E-state index in [4.69, 9.17) is 16.7 Å². The van der Waals surface area contributed by atoms with E-state index in [1.54, 1.807) is 23.5 Å². The Kier molecular flexibility index (Phi) is 3.48. The average Bonchev–Trinajstić information content (AvgIpc) is 2.79. The third-order valence-corrected chi connectivity index (χ3v) is 4.00. The van der Waals surface area contributed by atoms with Gasteiger partial charge >= 0.3 is 5.97 Å². The van der Waals surface area contributed by atoms with Gasteiger partial charge in [-0.25, -0.2) is 9.78 Å². The molecule has 0 unspecified atom stereocenters.